The van der Waals surface area contributed by atoms with Crippen molar-refractivity contribution in [1.29, 1.82) is 0 Å². The van der Waals surface area contributed by atoms with Gasteiger partial charge in [0.2, 0.25) is 0 Å². The van der Waals surface area contributed by atoms with Gasteiger partial charge in [-0.25, -0.2) is 22.7 Å². The summed E-state index contributed by atoms with van der Waals surface area (Å²) < 4.78 is 24.2. The molecule has 1 fully saturated rings. The zero-order valence-electron chi connectivity index (χ0n) is 10.4. The molecule has 1 saturated heterocycles. The number of carboxylic acids is 1. The number of fused-ring (bicyclic) bond motifs is 1. The second-order valence-corrected chi connectivity index (χ2v) is 6.87. The number of aromatic nitrogens is 3. The first-order valence-electron chi connectivity index (χ1n) is 6.00. The molecule has 0 radical (unpaired) electrons. The van der Waals surface area contributed by atoms with E-state index in [-0.39, 0.29) is 17.2 Å². The van der Waals surface area contributed by atoms with E-state index in [1.807, 2.05) is 4.90 Å². The van der Waals surface area contributed by atoms with E-state index in [1.54, 1.807) is 12.3 Å². The standard InChI is InChI=1S/C11H12N4O4S/c16-11(17)8-7-10-12-9(1-2-15(10)13-8)14-3-5-20(18,19)6-4-14/h1-2,7H,3-6H2,(H,16,17). The van der Waals surface area contributed by atoms with Gasteiger partial charge in [0, 0.05) is 25.4 Å². The Bertz CT molecular complexity index is 769. The normalized spacial score (nSPS) is 18.3. The van der Waals surface area contributed by atoms with Crippen molar-refractivity contribution in [1.82, 2.24) is 14.6 Å². The van der Waals surface area contributed by atoms with E-state index < -0.39 is 15.8 Å². The van der Waals surface area contributed by atoms with Crippen molar-refractivity contribution in [2.45, 2.75) is 0 Å². The minimum absolute atomic E-state index is 0.0733. The highest BCUT2D eigenvalue weighted by molar-refractivity contribution is 7.91. The van der Waals surface area contributed by atoms with Crippen LogP contribution in [0.3, 0.4) is 0 Å². The molecule has 0 atom stereocenters. The Balaban J connectivity index is 1.91. The summed E-state index contributed by atoms with van der Waals surface area (Å²) in [5.74, 6) is -0.260. The largest absolute Gasteiger partial charge is 0.476 e. The van der Waals surface area contributed by atoms with Crippen LogP contribution in [0.4, 0.5) is 5.82 Å². The van der Waals surface area contributed by atoms with Crippen molar-refractivity contribution >= 4 is 27.3 Å². The molecule has 3 rings (SSSR count). The Morgan fingerprint density at radius 3 is 2.65 bits per heavy atom. The topological polar surface area (TPSA) is 105 Å². The van der Waals surface area contributed by atoms with Gasteiger partial charge in [-0.3, -0.25) is 0 Å². The summed E-state index contributed by atoms with van der Waals surface area (Å²) in [5.41, 5.74) is 0.351. The molecule has 8 nitrogen and oxygen atoms in total. The molecule has 0 saturated carbocycles. The van der Waals surface area contributed by atoms with Gasteiger partial charge >= 0.3 is 5.97 Å². The van der Waals surface area contributed by atoms with Crippen LogP contribution in [0.25, 0.3) is 5.65 Å². The monoisotopic (exact) mass is 296 g/mol. The number of aromatic carboxylic acids is 1. The van der Waals surface area contributed by atoms with Gasteiger partial charge in [-0.05, 0) is 6.07 Å². The van der Waals surface area contributed by atoms with Crippen LogP contribution in [0, 0.1) is 0 Å². The Morgan fingerprint density at radius 1 is 1.30 bits per heavy atom. The fourth-order valence-electron chi connectivity index (χ4n) is 2.09. The Labute approximate surface area is 114 Å². The van der Waals surface area contributed by atoms with Crippen molar-refractivity contribution in [3.63, 3.8) is 0 Å². The van der Waals surface area contributed by atoms with Crippen molar-refractivity contribution in [3.8, 4) is 0 Å². The molecule has 20 heavy (non-hydrogen) atoms. The van der Waals surface area contributed by atoms with Crippen molar-refractivity contribution in [2.24, 2.45) is 0 Å². The van der Waals surface area contributed by atoms with E-state index in [2.05, 4.69) is 10.1 Å². The molecule has 3 heterocycles. The molecule has 0 spiro atoms. The number of sulfone groups is 1. The number of carbonyl (C=O) groups is 1. The number of carboxylic acid groups (broad SMARTS) is 1. The van der Waals surface area contributed by atoms with Crippen molar-refractivity contribution in [3.05, 3.63) is 24.0 Å². The number of nitrogens with zero attached hydrogens (tertiary/aromatic N) is 4. The molecule has 1 aliphatic rings. The number of hydrogen-bond acceptors (Lipinski definition) is 6. The predicted octanol–water partition coefficient (Wildman–Crippen LogP) is -0.338. The highest BCUT2D eigenvalue weighted by Crippen LogP contribution is 2.16. The summed E-state index contributed by atoms with van der Waals surface area (Å²) in [6.07, 6.45) is 1.62. The molecule has 0 aromatic carbocycles. The predicted molar refractivity (Wildman–Crippen MR) is 70.8 cm³/mol. The lowest BCUT2D eigenvalue weighted by Gasteiger charge is -2.27. The van der Waals surface area contributed by atoms with Crippen LogP contribution in [0.15, 0.2) is 18.3 Å². The summed E-state index contributed by atoms with van der Waals surface area (Å²) in [7, 11) is -2.94. The summed E-state index contributed by atoms with van der Waals surface area (Å²) >= 11 is 0. The van der Waals surface area contributed by atoms with Crippen LogP contribution in [0.5, 0.6) is 0 Å². The lowest BCUT2D eigenvalue weighted by molar-refractivity contribution is 0.0690. The number of rotatable bonds is 2. The SMILES string of the molecule is O=C(O)c1cc2nc(N3CCS(=O)(=O)CC3)ccn2n1. The van der Waals surface area contributed by atoms with E-state index in [4.69, 9.17) is 5.11 Å². The maximum Gasteiger partial charge on any atom is 0.356 e. The van der Waals surface area contributed by atoms with E-state index in [0.29, 0.717) is 24.6 Å². The van der Waals surface area contributed by atoms with Crippen LogP contribution in [0.1, 0.15) is 10.5 Å². The first-order chi connectivity index (χ1) is 9.44. The first kappa shape index (κ1) is 12.9. The molecule has 2 aromatic rings. The molecule has 0 unspecified atom stereocenters. The van der Waals surface area contributed by atoms with Crippen LogP contribution in [-0.4, -0.2) is 58.7 Å². The molecular formula is C11H12N4O4S. The van der Waals surface area contributed by atoms with Gasteiger partial charge in [0.25, 0.3) is 0 Å². The van der Waals surface area contributed by atoms with Gasteiger partial charge in [0.1, 0.15) is 5.82 Å². The molecule has 2 aromatic heterocycles. The maximum atomic E-state index is 11.4. The molecule has 0 amide bonds. The summed E-state index contributed by atoms with van der Waals surface area (Å²) in [6.45, 7) is 0.789. The fraction of sp³-hybridized carbons (Fsp3) is 0.364. The third kappa shape index (κ3) is 2.31. The molecule has 1 N–H and O–H groups in total. The molecule has 1 aliphatic heterocycles. The third-order valence-electron chi connectivity index (χ3n) is 3.20. The van der Waals surface area contributed by atoms with Crippen molar-refractivity contribution < 1.29 is 18.3 Å². The maximum absolute atomic E-state index is 11.4. The van der Waals surface area contributed by atoms with Crippen LogP contribution < -0.4 is 4.90 Å². The first-order valence-corrected chi connectivity index (χ1v) is 7.82. The summed E-state index contributed by atoms with van der Waals surface area (Å²) in [5, 5.41) is 12.7. The second kappa shape index (κ2) is 4.44. The van der Waals surface area contributed by atoms with E-state index in [9.17, 15) is 13.2 Å². The van der Waals surface area contributed by atoms with Gasteiger partial charge < -0.3 is 10.0 Å². The molecule has 106 valence electrons. The van der Waals surface area contributed by atoms with Crippen LogP contribution in [-0.2, 0) is 9.84 Å². The molecular weight excluding hydrogens is 284 g/mol. The Kier molecular flexibility index (Phi) is 2.85. The average Bonchev–Trinajstić information content (AvgIpc) is 2.81. The number of hydrogen-bond donors (Lipinski definition) is 1. The number of anilines is 1. The zero-order chi connectivity index (χ0) is 14.3. The molecule has 0 aliphatic carbocycles. The Hall–Kier alpha value is -2.16. The lowest BCUT2D eigenvalue weighted by atomic mass is 10.4. The van der Waals surface area contributed by atoms with Gasteiger partial charge in [-0.2, -0.15) is 5.10 Å². The van der Waals surface area contributed by atoms with Gasteiger partial charge in [-0.15, -0.1) is 0 Å². The minimum atomic E-state index is -2.94. The minimum Gasteiger partial charge on any atom is -0.476 e. The van der Waals surface area contributed by atoms with E-state index in [1.165, 1.54) is 10.6 Å². The Morgan fingerprint density at radius 2 is 2.00 bits per heavy atom. The van der Waals surface area contributed by atoms with Crippen LogP contribution >= 0.6 is 0 Å². The molecule has 9 heteroatoms. The van der Waals surface area contributed by atoms with Crippen molar-refractivity contribution in [2.75, 3.05) is 29.5 Å². The third-order valence-corrected chi connectivity index (χ3v) is 4.81. The highest BCUT2D eigenvalue weighted by Gasteiger charge is 2.22. The molecule has 0 bridgehead atoms. The average molecular weight is 296 g/mol. The summed E-state index contributed by atoms with van der Waals surface area (Å²) in [4.78, 5) is 17.0. The van der Waals surface area contributed by atoms with Gasteiger partial charge in [0.15, 0.2) is 21.2 Å². The van der Waals surface area contributed by atoms with Gasteiger partial charge in [-0.1, -0.05) is 0 Å². The van der Waals surface area contributed by atoms with E-state index >= 15 is 0 Å². The fourth-order valence-corrected chi connectivity index (χ4v) is 3.29. The quantitative estimate of drug-likeness (QED) is 0.808. The van der Waals surface area contributed by atoms with Gasteiger partial charge in [0.05, 0.1) is 11.5 Å². The zero-order valence-corrected chi connectivity index (χ0v) is 11.2. The highest BCUT2D eigenvalue weighted by atomic mass is 32.2. The lowest BCUT2D eigenvalue weighted by Crippen LogP contribution is -2.40. The van der Waals surface area contributed by atoms with Crippen LogP contribution in [0.2, 0.25) is 0 Å². The summed E-state index contributed by atoms with van der Waals surface area (Å²) in [6, 6.07) is 3.08. The smallest absolute Gasteiger partial charge is 0.356 e. The van der Waals surface area contributed by atoms with E-state index in [0.717, 1.165) is 0 Å². The second-order valence-electron chi connectivity index (χ2n) is 4.56.